The van der Waals surface area contributed by atoms with Crippen LogP contribution in [0.3, 0.4) is 0 Å². The summed E-state index contributed by atoms with van der Waals surface area (Å²) in [5, 5.41) is 4.38. The zero-order valence-corrected chi connectivity index (χ0v) is 16.6. The average molecular weight is 381 g/mol. The van der Waals surface area contributed by atoms with Gasteiger partial charge in [0, 0.05) is 58.1 Å². The maximum absolute atomic E-state index is 12.9. The van der Waals surface area contributed by atoms with Crippen molar-refractivity contribution in [3.8, 4) is 0 Å². The fourth-order valence-electron chi connectivity index (χ4n) is 3.97. The van der Waals surface area contributed by atoms with Crippen molar-refractivity contribution in [1.29, 1.82) is 0 Å². The Morgan fingerprint density at radius 2 is 1.54 bits per heavy atom. The topological polar surface area (TPSA) is 61.7 Å². The van der Waals surface area contributed by atoms with Crippen LogP contribution >= 0.6 is 0 Å². The molecule has 7 heteroatoms. The second-order valence-electron chi connectivity index (χ2n) is 7.71. The van der Waals surface area contributed by atoms with E-state index in [1.807, 2.05) is 57.7 Å². The summed E-state index contributed by atoms with van der Waals surface area (Å²) in [6, 6.07) is 7.65. The summed E-state index contributed by atoms with van der Waals surface area (Å²) >= 11 is 0. The van der Waals surface area contributed by atoms with Gasteiger partial charge in [0.05, 0.1) is 17.5 Å². The minimum atomic E-state index is 0.0281. The molecule has 0 atom stereocenters. The molecule has 0 saturated carbocycles. The molecule has 28 heavy (non-hydrogen) atoms. The maximum Gasteiger partial charge on any atom is 0.257 e. The Morgan fingerprint density at radius 1 is 0.893 bits per heavy atom. The van der Waals surface area contributed by atoms with E-state index in [4.69, 9.17) is 0 Å². The van der Waals surface area contributed by atoms with Crippen LogP contribution in [0.15, 0.2) is 30.5 Å². The lowest BCUT2D eigenvalue weighted by molar-refractivity contribution is 0.0534. The third-order valence-electron chi connectivity index (χ3n) is 5.70. The number of amides is 2. The number of carbonyl (C=O) groups is 2. The quantitative estimate of drug-likeness (QED) is 0.815. The maximum atomic E-state index is 12.9. The highest BCUT2D eigenvalue weighted by atomic mass is 16.2. The Hall–Kier alpha value is -2.83. The average Bonchev–Trinajstić information content (AvgIpc) is 3.17. The van der Waals surface area contributed by atoms with E-state index in [0.29, 0.717) is 31.7 Å². The number of hydrogen-bond acceptors (Lipinski definition) is 4. The first-order chi connectivity index (χ1) is 13.5. The molecule has 0 spiro atoms. The normalized spacial score (nSPS) is 16.6. The molecule has 0 N–H and O–H groups in total. The van der Waals surface area contributed by atoms with Crippen LogP contribution in [0.4, 0.5) is 5.69 Å². The molecule has 1 aromatic heterocycles. The van der Waals surface area contributed by atoms with Crippen LogP contribution in [0.25, 0.3) is 0 Å². The fraction of sp³-hybridized carbons (Fsp3) is 0.476. The summed E-state index contributed by atoms with van der Waals surface area (Å²) in [5.41, 5.74) is 3.56. The van der Waals surface area contributed by atoms with Gasteiger partial charge in [-0.15, -0.1) is 0 Å². The Bertz CT molecular complexity index is 863. The molecule has 2 aliphatic rings. The third-order valence-corrected chi connectivity index (χ3v) is 5.70. The molecule has 148 valence electrons. The molecule has 2 amide bonds. The molecule has 1 aromatic carbocycles. The highest BCUT2D eigenvalue weighted by Gasteiger charge is 2.28. The first-order valence-electron chi connectivity index (χ1n) is 9.95. The molecule has 2 aliphatic heterocycles. The molecule has 1 saturated heterocycles. The number of aryl methyl sites for hydroxylation is 1. The predicted octanol–water partition coefficient (Wildman–Crippen LogP) is 1.88. The van der Waals surface area contributed by atoms with Crippen LogP contribution in [-0.4, -0.2) is 71.7 Å². The lowest BCUT2D eigenvalue weighted by atomic mass is 10.1. The van der Waals surface area contributed by atoms with Gasteiger partial charge in [-0.1, -0.05) is 0 Å². The highest BCUT2D eigenvalue weighted by molar-refractivity contribution is 5.96. The first kappa shape index (κ1) is 18.5. The van der Waals surface area contributed by atoms with E-state index in [0.717, 1.165) is 42.8 Å². The van der Waals surface area contributed by atoms with Gasteiger partial charge in [-0.2, -0.15) is 5.10 Å². The van der Waals surface area contributed by atoms with E-state index < -0.39 is 0 Å². The van der Waals surface area contributed by atoms with E-state index in [9.17, 15) is 9.59 Å². The van der Waals surface area contributed by atoms with Gasteiger partial charge in [-0.05, 0) is 43.5 Å². The minimum absolute atomic E-state index is 0.0281. The molecule has 0 unspecified atom stereocenters. The third kappa shape index (κ3) is 3.48. The first-order valence-corrected chi connectivity index (χ1v) is 9.95. The highest BCUT2D eigenvalue weighted by Crippen LogP contribution is 2.21. The van der Waals surface area contributed by atoms with Crippen molar-refractivity contribution in [1.82, 2.24) is 19.6 Å². The van der Waals surface area contributed by atoms with E-state index in [1.165, 1.54) is 0 Å². The van der Waals surface area contributed by atoms with Crippen molar-refractivity contribution in [3.05, 3.63) is 47.3 Å². The Morgan fingerprint density at radius 3 is 2.18 bits per heavy atom. The lowest BCUT2D eigenvalue weighted by Crippen LogP contribution is -2.50. The van der Waals surface area contributed by atoms with Crippen LogP contribution in [0.1, 0.15) is 39.3 Å². The number of rotatable bonds is 3. The largest absolute Gasteiger partial charge is 0.378 e. The molecule has 0 bridgehead atoms. The summed E-state index contributed by atoms with van der Waals surface area (Å²) in [5.74, 6) is 0.0749. The monoisotopic (exact) mass is 381 g/mol. The van der Waals surface area contributed by atoms with Crippen molar-refractivity contribution in [3.63, 3.8) is 0 Å². The Kier molecular flexibility index (Phi) is 5.07. The predicted molar refractivity (Wildman–Crippen MR) is 108 cm³/mol. The van der Waals surface area contributed by atoms with E-state index in [1.54, 1.807) is 6.20 Å². The number of piperazine rings is 1. The standard InChI is InChI=1S/C21H27N5O2/c1-23(2)17-8-6-16(7-9-17)20(27)24-11-13-25(14-12-24)21(28)18-15-22-26-10-4-3-5-19(18)26/h6-9,15H,3-5,10-14H2,1-2H3. The van der Waals surface area contributed by atoms with Gasteiger partial charge in [0.25, 0.3) is 11.8 Å². The smallest absolute Gasteiger partial charge is 0.257 e. The number of aromatic nitrogens is 2. The van der Waals surface area contributed by atoms with Gasteiger partial charge in [0.2, 0.25) is 0 Å². The second-order valence-corrected chi connectivity index (χ2v) is 7.71. The molecule has 2 aromatic rings. The van der Waals surface area contributed by atoms with Crippen LogP contribution in [0.2, 0.25) is 0 Å². The second kappa shape index (κ2) is 7.66. The zero-order valence-electron chi connectivity index (χ0n) is 16.6. The molecule has 7 nitrogen and oxygen atoms in total. The molecule has 0 aliphatic carbocycles. The number of benzene rings is 1. The van der Waals surface area contributed by atoms with Crippen molar-refractivity contribution in [2.45, 2.75) is 25.8 Å². The van der Waals surface area contributed by atoms with Crippen LogP contribution in [0.5, 0.6) is 0 Å². The van der Waals surface area contributed by atoms with Crippen LogP contribution in [-0.2, 0) is 13.0 Å². The van der Waals surface area contributed by atoms with Gasteiger partial charge in [0.1, 0.15) is 0 Å². The van der Waals surface area contributed by atoms with Crippen molar-refractivity contribution >= 4 is 17.5 Å². The van der Waals surface area contributed by atoms with E-state index in [2.05, 4.69) is 5.10 Å². The fourth-order valence-corrected chi connectivity index (χ4v) is 3.97. The van der Waals surface area contributed by atoms with Crippen molar-refractivity contribution < 1.29 is 9.59 Å². The van der Waals surface area contributed by atoms with Crippen molar-refractivity contribution in [2.24, 2.45) is 0 Å². The van der Waals surface area contributed by atoms with Gasteiger partial charge in [0.15, 0.2) is 0 Å². The number of carbonyl (C=O) groups excluding carboxylic acids is 2. The summed E-state index contributed by atoms with van der Waals surface area (Å²) in [6.07, 6.45) is 4.87. The molecule has 3 heterocycles. The van der Waals surface area contributed by atoms with Crippen molar-refractivity contribution in [2.75, 3.05) is 45.2 Å². The van der Waals surface area contributed by atoms with E-state index in [-0.39, 0.29) is 11.8 Å². The van der Waals surface area contributed by atoms with Gasteiger partial charge < -0.3 is 14.7 Å². The van der Waals surface area contributed by atoms with Crippen LogP contribution in [0, 0.1) is 0 Å². The van der Waals surface area contributed by atoms with Crippen LogP contribution < -0.4 is 4.90 Å². The van der Waals surface area contributed by atoms with Gasteiger partial charge >= 0.3 is 0 Å². The number of hydrogen-bond donors (Lipinski definition) is 0. The SMILES string of the molecule is CN(C)c1ccc(C(=O)N2CCN(C(=O)c3cnn4c3CCCC4)CC2)cc1. The Balaban J connectivity index is 1.38. The summed E-state index contributed by atoms with van der Waals surface area (Å²) in [4.78, 5) is 31.4. The summed E-state index contributed by atoms with van der Waals surface area (Å²) < 4.78 is 1.97. The van der Waals surface area contributed by atoms with Gasteiger partial charge in [-0.3, -0.25) is 14.3 Å². The molecule has 0 radical (unpaired) electrons. The molecular formula is C21H27N5O2. The zero-order chi connectivity index (χ0) is 19.7. The number of fused-ring (bicyclic) bond motifs is 1. The molecule has 1 fully saturated rings. The molecular weight excluding hydrogens is 354 g/mol. The molecule has 4 rings (SSSR count). The summed E-state index contributed by atoms with van der Waals surface area (Å²) in [7, 11) is 3.95. The number of anilines is 1. The Labute approximate surface area is 165 Å². The number of nitrogens with zero attached hydrogens (tertiary/aromatic N) is 5. The minimum Gasteiger partial charge on any atom is -0.378 e. The lowest BCUT2D eigenvalue weighted by Gasteiger charge is -2.35. The van der Waals surface area contributed by atoms with Gasteiger partial charge in [-0.25, -0.2) is 0 Å². The van der Waals surface area contributed by atoms with E-state index >= 15 is 0 Å². The summed E-state index contributed by atoms with van der Waals surface area (Å²) in [6.45, 7) is 3.14.